The number of hydrogen-bond donors (Lipinski definition) is 0. The molecular formula is C30H35N3O5S. The first kappa shape index (κ1) is 28.2. The third-order valence-electron chi connectivity index (χ3n) is 6.60. The van der Waals surface area contributed by atoms with Crippen molar-refractivity contribution < 1.29 is 19.0 Å². The third-order valence-corrected chi connectivity index (χ3v) is 7.58. The molecule has 1 atom stereocenters. The van der Waals surface area contributed by atoms with Crippen molar-refractivity contribution >= 4 is 23.3 Å². The number of methoxy groups -OCH3 is 1. The molecule has 2 aromatic carbocycles. The maximum atomic E-state index is 14.0. The van der Waals surface area contributed by atoms with Gasteiger partial charge in [0.25, 0.3) is 11.5 Å². The Balaban J connectivity index is 1.94. The summed E-state index contributed by atoms with van der Waals surface area (Å²) in [6.07, 6.45) is 1.83. The van der Waals surface area contributed by atoms with Crippen molar-refractivity contribution in [1.29, 1.82) is 0 Å². The minimum atomic E-state index is -0.674. The number of carbonyl (C=O) groups excluding carboxylic acids is 1. The first-order valence-corrected chi connectivity index (χ1v) is 14.0. The van der Waals surface area contributed by atoms with Gasteiger partial charge >= 0.3 is 0 Å². The molecule has 0 bridgehead atoms. The summed E-state index contributed by atoms with van der Waals surface area (Å²) in [4.78, 5) is 34.8. The zero-order chi connectivity index (χ0) is 28.1. The van der Waals surface area contributed by atoms with Crippen LogP contribution in [0, 0.1) is 0 Å². The molecule has 0 unspecified atom stereocenters. The van der Waals surface area contributed by atoms with Crippen molar-refractivity contribution in [2.45, 2.75) is 40.7 Å². The lowest BCUT2D eigenvalue weighted by molar-refractivity contribution is -0.127. The molecule has 0 spiro atoms. The van der Waals surface area contributed by atoms with Crippen LogP contribution in [-0.4, -0.2) is 48.8 Å². The van der Waals surface area contributed by atoms with E-state index in [2.05, 4.69) is 0 Å². The molecule has 1 aliphatic rings. The summed E-state index contributed by atoms with van der Waals surface area (Å²) in [6.45, 7) is 11.7. The van der Waals surface area contributed by atoms with Gasteiger partial charge in [0.15, 0.2) is 16.3 Å². The fourth-order valence-electron chi connectivity index (χ4n) is 4.77. The molecule has 8 nitrogen and oxygen atoms in total. The van der Waals surface area contributed by atoms with Crippen LogP contribution >= 0.6 is 11.3 Å². The maximum Gasteiger partial charge on any atom is 0.271 e. The van der Waals surface area contributed by atoms with Gasteiger partial charge < -0.3 is 19.1 Å². The minimum absolute atomic E-state index is 0.140. The van der Waals surface area contributed by atoms with Gasteiger partial charge in [0.1, 0.15) is 11.8 Å². The highest BCUT2D eigenvalue weighted by Gasteiger charge is 2.35. The van der Waals surface area contributed by atoms with Crippen molar-refractivity contribution in [2.75, 3.05) is 33.4 Å². The predicted octanol–water partition coefficient (Wildman–Crippen LogP) is 3.91. The Morgan fingerprint density at radius 2 is 1.72 bits per heavy atom. The SMILES string of the molecule is CCOc1ccc(/C=c2/sc3n(c2=O)[C@H](c2ccccc2OC)C(C(=O)N(CC)CC)=C(C)N=3)cc1OCC. The standard InChI is InChI=1S/C30H35N3O5S/c1-7-32(8-2)29(35)26-19(5)31-30-33(27(26)21-13-11-12-14-22(21)36-6)28(34)25(39-30)18-20-15-16-23(37-9-3)24(17-20)38-10-4/h11-18,27H,7-10H2,1-6H3/b25-18+/t27-/m1/s1. The Bertz CT molecular complexity index is 1570. The second kappa shape index (κ2) is 12.3. The normalized spacial score (nSPS) is 15.0. The maximum absolute atomic E-state index is 14.0. The van der Waals surface area contributed by atoms with E-state index in [4.69, 9.17) is 19.2 Å². The zero-order valence-electron chi connectivity index (χ0n) is 23.3. The van der Waals surface area contributed by atoms with Crippen LogP contribution in [0.5, 0.6) is 17.2 Å². The van der Waals surface area contributed by atoms with Crippen molar-refractivity contribution in [3.8, 4) is 17.2 Å². The summed E-state index contributed by atoms with van der Waals surface area (Å²) in [5.74, 6) is 1.74. The van der Waals surface area contributed by atoms with Gasteiger partial charge in [0.05, 0.1) is 36.1 Å². The lowest BCUT2D eigenvalue weighted by Gasteiger charge is -2.29. The van der Waals surface area contributed by atoms with Gasteiger partial charge in [-0.25, -0.2) is 4.99 Å². The molecular weight excluding hydrogens is 514 g/mol. The number of allylic oxidation sites excluding steroid dienone is 1. The fraction of sp³-hybridized carbons (Fsp3) is 0.367. The van der Waals surface area contributed by atoms with Crippen molar-refractivity contribution in [3.63, 3.8) is 0 Å². The molecule has 9 heteroatoms. The molecule has 0 radical (unpaired) electrons. The van der Waals surface area contributed by atoms with Crippen LogP contribution in [0.1, 0.15) is 51.8 Å². The average molecular weight is 550 g/mol. The van der Waals surface area contributed by atoms with Crippen LogP contribution in [0.15, 0.2) is 63.5 Å². The van der Waals surface area contributed by atoms with E-state index < -0.39 is 6.04 Å². The Morgan fingerprint density at radius 1 is 1.03 bits per heavy atom. The molecule has 1 aromatic heterocycles. The van der Waals surface area contributed by atoms with Gasteiger partial charge in [-0.3, -0.25) is 14.2 Å². The topological polar surface area (TPSA) is 82.4 Å². The van der Waals surface area contributed by atoms with Gasteiger partial charge in [-0.1, -0.05) is 35.6 Å². The predicted molar refractivity (Wildman–Crippen MR) is 153 cm³/mol. The van der Waals surface area contributed by atoms with Crippen molar-refractivity contribution in [3.05, 3.63) is 84.5 Å². The summed E-state index contributed by atoms with van der Waals surface area (Å²) < 4.78 is 19.3. The molecule has 206 valence electrons. The zero-order valence-corrected chi connectivity index (χ0v) is 24.1. The summed E-state index contributed by atoms with van der Waals surface area (Å²) in [6, 6.07) is 12.4. The summed E-state index contributed by atoms with van der Waals surface area (Å²) in [5, 5.41) is 0. The number of thiazole rings is 1. The van der Waals surface area contributed by atoms with Gasteiger partial charge in [0, 0.05) is 18.7 Å². The summed E-state index contributed by atoms with van der Waals surface area (Å²) in [5.41, 5.74) is 2.38. The van der Waals surface area contributed by atoms with Gasteiger partial charge in [-0.2, -0.15) is 0 Å². The van der Waals surface area contributed by atoms with E-state index >= 15 is 0 Å². The van der Waals surface area contributed by atoms with E-state index in [1.54, 1.807) is 16.6 Å². The second-order valence-corrected chi connectivity index (χ2v) is 9.88. The Kier molecular flexibility index (Phi) is 8.91. The molecule has 0 saturated carbocycles. The van der Waals surface area contributed by atoms with Crippen LogP contribution in [0.4, 0.5) is 0 Å². The molecule has 0 aliphatic carbocycles. The molecule has 1 amide bonds. The Labute approximate surface area is 232 Å². The number of ether oxygens (including phenoxy) is 3. The summed E-state index contributed by atoms with van der Waals surface area (Å²) in [7, 11) is 1.59. The fourth-order valence-corrected chi connectivity index (χ4v) is 5.82. The van der Waals surface area contributed by atoms with Crippen molar-refractivity contribution in [2.24, 2.45) is 4.99 Å². The summed E-state index contributed by atoms with van der Waals surface area (Å²) >= 11 is 1.30. The number of carbonyl (C=O) groups is 1. The molecule has 0 saturated heterocycles. The van der Waals surface area contributed by atoms with Gasteiger partial charge in [0.2, 0.25) is 0 Å². The molecule has 3 aromatic rings. The smallest absolute Gasteiger partial charge is 0.271 e. The molecule has 0 fully saturated rings. The van der Waals surface area contributed by atoms with Crippen LogP contribution in [0.3, 0.4) is 0 Å². The molecule has 4 rings (SSSR count). The number of nitrogens with zero attached hydrogens (tertiary/aromatic N) is 3. The van der Waals surface area contributed by atoms with E-state index in [-0.39, 0.29) is 11.5 Å². The van der Waals surface area contributed by atoms with E-state index in [9.17, 15) is 9.59 Å². The number of aromatic nitrogens is 1. The number of para-hydroxylation sites is 1. The highest BCUT2D eigenvalue weighted by molar-refractivity contribution is 7.07. The van der Waals surface area contributed by atoms with Crippen LogP contribution < -0.4 is 29.1 Å². The third kappa shape index (κ3) is 5.49. The number of likely N-dealkylation sites (N-methyl/N-ethyl adjacent to an activating group) is 1. The monoisotopic (exact) mass is 549 g/mol. The van der Waals surface area contributed by atoms with Crippen LogP contribution in [-0.2, 0) is 4.79 Å². The molecule has 2 heterocycles. The second-order valence-electron chi connectivity index (χ2n) is 8.87. The first-order chi connectivity index (χ1) is 18.9. The van der Waals surface area contributed by atoms with Gasteiger partial charge in [-0.15, -0.1) is 0 Å². The first-order valence-electron chi connectivity index (χ1n) is 13.2. The minimum Gasteiger partial charge on any atom is -0.496 e. The van der Waals surface area contributed by atoms with E-state index in [1.165, 1.54) is 11.3 Å². The number of rotatable bonds is 10. The highest BCUT2D eigenvalue weighted by Crippen LogP contribution is 2.36. The van der Waals surface area contributed by atoms with E-state index in [1.807, 2.05) is 83.2 Å². The lowest BCUT2D eigenvalue weighted by atomic mass is 9.94. The largest absolute Gasteiger partial charge is 0.496 e. The van der Waals surface area contributed by atoms with E-state index in [0.29, 0.717) is 64.2 Å². The van der Waals surface area contributed by atoms with Gasteiger partial charge in [-0.05, 0) is 64.5 Å². The van der Waals surface area contributed by atoms with Crippen LogP contribution in [0.2, 0.25) is 0 Å². The van der Waals surface area contributed by atoms with Crippen LogP contribution in [0.25, 0.3) is 6.08 Å². The Morgan fingerprint density at radius 3 is 2.38 bits per heavy atom. The number of benzene rings is 2. The average Bonchev–Trinajstić information content (AvgIpc) is 3.24. The Hall–Kier alpha value is -3.85. The van der Waals surface area contributed by atoms with E-state index in [0.717, 1.165) is 11.1 Å². The molecule has 0 N–H and O–H groups in total. The van der Waals surface area contributed by atoms with Crippen molar-refractivity contribution in [1.82, 2.24) is 9.47 Å². The quantitative estimate of drug-likeness (QED) is 0.383. The number of hydrogen-bond acceptors (Lipinski definition) is 7. The number of fused-ring (bicyclic) bond motifs is 1. The molecule has 1 aliphatic heterocycles. The molecule has 39 heavy (non-hydrogen) atoms. The lowest BCUT2D eigenvalue weighted by Crippen LogP contribution is -2.43. The highest BCUT2D eigenvalue weighted by atomic mass is 32.1. The number of amides is 1.